The lowest BCUT2D eigenvalue weighted by molar-refractivity contribution is 0.543. The van der Waals surface area contributed by atoms with Crippen molar-refractivity contribution in [1.82, 2.24) is 4.67 Å². The van der Waals surface area contributed by atoms with Crippen molar-refractivity contribution in [2.75, 3.05) is 19.8 Å². The lowest BCUT2D eigenvalue weighted by Gasteiger charge is -2.31. The third-order valence-electron chi connectivity index (χ3n) is 2.16. The molecule has 2 nitrogen and oxygen atoms in total. The van der Waals surface area contributed by atoms with Crippen LogP contribution < -0.4 is 0 Å². The van der Waals surface area contributed by atoms with Crippen molar-refractivity contribution in [3.63, 3.8) is 0 Å². The summed E-state index contributed by atoms with van der Waals surface area (Å²) in [5.74, 6) is 0.974. The maximum Gasteiger partial charge on any atom is 0.257 e. The summed E-state index contributed by atoms with van der Waals surface area (Å²) in [5, 5.41) is 0. The van der Waals surface area contributed by atoms with Crippen molar-refractivity contribution in [2.45, 2.75) is 45.3 Å². The van der Waals surface area contributed by atoms with Gasteiger partial charge in [0.2, 0.25) is 0 Å². The van der Waals surface area contributed by atoms with Gasteiger partial charge in [-0.05, 0) is 26.9 Å². The van der Waals surface area contributed by atoms with Crippen molar-refractivity contribution in [3.05, 3.63) is 0 Å². The van der Waals surface area contributed by atoms with Crippen LogP contribution in [0.4, 0.5) is 0 Å². The Balaban J connectivity index is 4.59. The molecule has 5 heteroatoms. The highest BCUT2D eigenvalue weighted by Crippen LogP contribution is 2.73. The highest BCUT2D eigenvalue weighted by molar-refractivity contribution is 8.90. The van der Waals surface area contributed by atoms with Crippen LogP contribution in [0, 0.1) is 0 Å². The molecule has 0 saturated heterocycles. The SMILES string of the molecule is CCCSP(=O)(SC(C)(C)CC)N(C)C. The van der Waals surface area contributed by atoms with Crippen LogP contribution in [-0.2, 0) is 4.57 Å². The first-order valence-corrected chi connectivity index (χ1v) is 10.1. The fourth-order valence-corrected chi connectivity index (χ4v) is 10.2. The number of rotatable bonds is 7. The average molecular weight is 269 g/mol. The molecule has 0 aromatic rings. The zero-order valence-corrected chi connectivity index (χ0v) is 13.3. The van der Waals surface area contributed by atoms with Crippen molar-refractivity contribution >= 4 is 28.5 Å². The largest absolute Gasteiger partial charge is 0.283 e. The highest BCUT2D eigenvalue weighted by Gasteiger charge is 2.33. The summed E-state index contributed by atoms with van der Waals surface area (Å²) in [7, 11) is 3.84. The van der Waals surface area contributed by atoms with E-state index in [1.807, 2.05) is 18.8 Å². The van der Waals surface area contributed by atoms with E-state index in [-0.39, 0.29) is 4.75 Å². The zero-order chi connectivity index (χ0) is 12.1. The fraction of sp³-hybridized carbons (Fsp3) is 1.00. The molecule has 1 atom stereocenters. The Hall–Kier alpha value is 0.890. The minimum absolute atomic E-state index is 0.0978. The van der Waals surface area contributed by atoms with Gasteiger partial charge in [0.05, 0.1) is 0 Å². The molecule has 0 aliphatic carbocycles. The van der Waals surface area contributed by atoms with Gasteiger partial charge in [0.15, 0.2) is 0 Å². The van der Waals surface area contributed by atoms with Crippen LogP contribution in [0.2, 0.25) is 0 Å². The Kier molecular flexibility index (Phi) is 6.97. The topological polar surface area (TPSA) is 20.3 Å². The summed E-state index contributed by atoms with van der Waals surface area (Å²) < 4.78 is 14.7. The fourth-order valence-electron chi connectivity index (χ4n) is 0.807. The molecule has 0 aliphatic rings. The molecule has 0 rings (SSSR count). The second kappa shape index (κ2) is 6.58. The van der Waals surface area contributed by atoms with Gasteiger partial charge >= 0.3 is 0 Å². The molecule has 1 unspecified atom stereocenters. The minimum atomic E-state index is -2.28. The Morgan fingerprint density at radius 1 is 1.27 bits per heavy atom. The van der Waals surface area contributed by atoms with Crippen molar-refractivity contribution in [1.29, 1.82) is 0 Å². The van der Waals surface area contributed by atoms with Gasteiger partial charge in [0, 0.05) is 10.5 Å². The monoisotopic (exact) mass is 269 g/mol. The highest BCUT2D eigenvalue weighted by atomic mass is 33.1. The summed E-state index contributed by atoms with van der Waals surface area (Å²) in [6.07, 6.45) is 2.12. The second-order valence-electron chi connectivity index (χ2n) is 4.35. The summed E-state index contributed by atoms with van der Waals surface area (Å²) in [6, 6.07) is 0. The standard InChI is InChI=1S/C10H24NOPS2/c1-7-9-14-13(12,11(5)6)15-10(3,4)8-2/h7-9H2,1-6H3. The number of nitrogens with zero attached hydrogens (tertiary/aromatic N) is 1. The van der Waals surface area contributed by atoms with Gasteiger partial charge in [-0.25, -0.2) is 4.67 Å². The average Bonchev–Trinajstić information content (AvgIpc) is 2.14. The second-order valence-corrected chi connectivity index (χ2v) is 13.0. The summed E-state index contributed by atoms with van der Waals surface area (Å²) in [5.41, 5.74) is -2.28. The Morgan fingerprint density at radius 2 is 1.80 bits per heavy atom. The van der Waals surface area contributed by atoms with E-state index in [2.05, 4.69) is 27.7 Å². The van der Waals surface area contributed by atoms with Gasteiger partial charge in [-0.3, -0.25) is 4.57 Å². The van der Waals surface area contributed by atoms with Gasteiger partial charge < -0.3 is 0 Å². The molecule has 0 radical (unpaired) electrons. The van der Waals surface area contributed by atoms with Gasteiger partial charge in [-0.2, -0.15) is 0 Å². The van der Waals surface area contributed by atoms with Crippen LogP contribution in [0.25, 0.3) is 0 Å². The van der Waals surface area contributed by atoms with Crippen LogP contribution in [-0.4, -0.2) is 29.3 Å². The molecular weight excluding hydrogens is 245 g/mol. The molecule has 0 N–H and O–H groups in total. The summed E-state index contributed by atoms with van der Waals surface area (Å²) in [4.78, 5) is 0. The van der Waals surface area contributed by atoms with Gasteiger partial charge in [0.25, 0.3) is 5.70 Å². The van der Waals surface area contributed by atoms with Crippen LogP contribution in [0.1, 0.15) is 40.5 Å². The molecule has 0 heterocycles. The zero-order valence-electron chi connectivity index (χ0n) is 10.7. The van der Waals surface area contributed by atoms with Crippen molar-refractivity contribution in [3.8, 4) is 0 Å². The van der Waals surface area contributed by atoms with Crippen molar-refractivity contribution in [2.24, 2.45) is 0 Å². The third-order valence-corrected chi connectivity index (χ3v) is 12.4. The molecule has 0 spiro atoms. The van der Waals surface area contributed by atoms with E-state index >= 15 is 0 Å². The molecule has 92 valence electrons. The maximum atomic E-state index is 12.7. The van der Waals surface area contributed by atoms with E-state index in [4.69, 9.17) is 0 Å². The maximum absolute atomic E-state index is 12.7. The first-order valence-electron chi connectivity index (χ1n) is 5.40. The molecular formula is C10H24NOPS2. The number of hydrogen-bond donors (Lipinski definition) is 0. The normalized spacial score (nSPS) is 16.7. The van der Waals surface area contributed by atoms with Gasteiger partial charge in [-0.15, -0.1) is 0 Å². The van der Waals surface area contributed by atoms with E-state index in [9.17, 15) is 4.57 Å². The predicted octanol–water partition coefficient (Wildman–Crippen LogP) is 4.72. The van der Waals surface area contributed by atoms with Crippen LogP contribution in [0.3, 0.4) is 0 Å². The molecule has 0 amide bonds. The quantitative estimate of drug-likeness (QED) is 0.623. The molecule has 15 heavy (non-hydrogen) atoms. The van der Waals surface area contributed by atoms with Crippen LogP contribution in [0.5, 0.6) is 0 Å². The minimum Gasteiger partial charge on any atom is -0.283 e. The van der Waals surface area contributed by atoms with Crippen LogP contribution >= 0.6 is 28.5 Å². The lowest BCUT2D eigenvalue weighted by atomic mass is 10.1. The Morgan fingerprint density at radius 3 is 2.13 bits per heavy atom. The first-order chi connectivity index (χ1) is 6.77. The van der Waals surface area contributed by atoms with E-state index < -0.39 is 5.70 Å². The Labute approximate surface area is 103 Å². The molecule has 0 aromatic carbocycles. The van der Waals surface area contributed by atoms with E-state index in [0.29, 0.717) is 0 Å². The third kappa shape index (κ3) is 5.67. The van der Waals surface area contributed by atoms with E-state index in [1.54, 1.807) is 22.8 Å². The predicted molar refractivity (Wildman–Crippen MR) is 76.0 cm³/mol. The van der Waals surface area contributed by atoms with E-state index in [1.165, 1.54) is 0 Å². The lowest BCUT2D eigenvalue weighted by Crippen LogP contribution is -2.15. The van der Waals surface area contributed by atoms with Gasteiger partial charge in [-0.1, -0.05) is 50.5 Å². The van der Waals surface area contributed by atoms with Crippen molar-refractivity contribution < 1.29 is 4.57 Å². The molecule has 0 aromatic heterocycles. The van der Waals surface area contributed by atoms with Crippen LogP contribution in [0.15, 0.2) is 0 Å². The summed E-state index contributed by atoms with van der Waals surface area (Å²) >= 11 is 3.26. The Bertz CT molecular complexity index is 231. The molecule has 0 saturated carbocycles. The molecule has 0 fully saturated rings. The molecule has 0 bridgehead atoms. The number of hydrogen-bond acceptors (Lipinski definition) is 3. The first kappa shape index (κ1) is 15.9. The smallest absolute Gasteiger partial charge is 0.257 e. The van der Waals surface area contributed by atoms with E-state index in [0.717, 1.165) is 18.6 Å². The van der Waals surface area contributed by atoms with Gasteiger partial charge in [0.1, 0.15) is 0 Å². The molecule has 0 aliphatic heterocycles. The summed E-state index contributed by atoms with van der Waals surface area (Å²) in [6.45, 7) is 8.61.